The molecule has 0 spiro atoms. The number of esters is 1. The molecule has 4 heteroatoms. The number of carbonyl (C=O) groups excluding carboxylic acids is 1. The molecule has 1 fully saturated rings. The fourth-order valence-corrected chi connectivity index (χ4v) is 2.62. The van der Waals surface area contributed by atoms with E-state index in [-0.39, 0.29) is 17.7 Å². The molecule has 0 amide bonds. The maximum Gasteiger partial charge on any atom is 0.325 e. The molecule has 1 aromatic rings. The second-order valence-corrected chi connectivity index (χ2v) is 5.00. The molecule has 18 heavy (non-hydrogen) atoms. The summed E-state index contributed by atoms with van der Waals surface area (Å²) in [4.78, 5) is 11.8. The Morgan fingerprint density at radius 2 is 2.33 bits per heavy atom. The van der Waals surface area contributed by atoms with E-state index in [1.807, 2.05) is 13.0 Å². The van der Waals surface area contributed by atoms with Gasteiger partial charge in [-0.3, -0.25) is 4.79 Å². The normalized spacial score (nSPS) is 27.8. The van der Waals surface area contributed by atoms with Gasteiger partial charge in [-0.05, 0) is 49.9 Å². The van der Waals surface area contributed by atoms with Gasteiger partial charge in [0.1, 0.15) is 11.4 Å². The third kappa shape index (κ3) is 2.53. The minimum absolute atomic E-state index is 0.186. The molecule has 1 aliphatic heterocycles. The lowest BCUT2D eigenvalue weighted by Gasteiger charge is -2.37. The molecule has 1 aliphatic rings. The number of ether oxygens (including phenoxy) is 1. The van der Waals surface area contributed by atoms with Gasteiger partial charge in [0.05, 0.1) is 7.11 Å². The molecule has 2 atom stereocenters. The molecule has 2 rings (SSSR count). The first kappa shape index (κ1) is 13.0. The highest BCUT2D eigenvalue weighted by Crippen LogP contribution is 2.33. The van der Waals surface area contributed by atoms with E-state index in [1.54, 1.807) is 12.1 Å². The fraction of sp³-hybridized carbons (Fsp3) is 0.500. The molecule has 1 N–H and O–H groups in total. The SMILES string of the molecule is COC(=O)C1(C)CC(c2cccc(F)c2)CCN1. The van der Waals surface area contributed by atoms with Crippen molar-refractivity contribution in [3.05, 3.63) is 35.6 Å². The molecule has 2 unspecified atom stereocenters. The predicted molar refractivity (Wildman–Crippen MR) is 66.8 cm³/mol. The van der Waals surface area contributed by atoms with E-state index in [2.05, 4.69) is 5.32 Å². The van der Waals surface area contributed by atoms with Crippen LogP contribution in [0.15, 0.2) is 24.3 Å². The Hall–Kier alpha value is -1.42. The highest BCUT2D eigenvalue weighted by Gasteiger charge is 2.39. The summed E-state index contributed by atoms with van der Waals surface area (Å²) < 4.78 is 18.1. The maximum absolute atomic E-state index is 13.2. The van der Waals surface area contributed by atoms with E-state index in [1.165, 1.54) is 13.2 Å². The Balaban J connectivity index is 2.19. The number of piperidine rings is 1. The quantitative estimate of drug-likeness (QED) is 0.819. The molecule has 98 valence electrons. The van der Waals surface area contributed by atoms with E-state index < -0.39 is 5.54 Å². The summed E-state index contributed by atoms with van der Waals surface area (Å²) in [5, 5.41) is 3.19. The summed E-state index contributed by atoms with van der Waals surface area (Å²) in [6, 6.07) is 6.61. The largest absolute Gasteiger partial charge is 0.468 e. The minimum atomic E-state index is -0.677. The summed E-state index contributed by atoms with van der Waals surface area (Å²) in [6.07, 6.45) is 1.53. The summed E-state index contributed by atoms with van der Waals surface area (Å²) in [5.41, 5.74) is 0.274. The van der Waals surface area contributed by atoms with Crippen molar-refractivity contribution in [2.45, 2.75) is 31.2 Å². The van der Waals surface area contributed by atoms with Crippen LogP contribution in [0.3, 0.4) is 0 Å². The van der Waals surface area contributed by atoms with E-state index in [9.17, 15) is 9.18 Å². The molecule has 0 bridgehead atoms. The summed E-state index contributed by atoms with van der Waals surface area (Å²) in [6.45, 7) is 2.57. The zero-order chi connectivity index (χ0) is 13.2. The lowest BCUT2D eigenvalue weighted by Crippen LogP contribution is -2.54. The molecular formula is C14H18FNO2. The molecule has 0 aromatic heterocycles. The van der Waals surface area contributed by atoms with Crippen molar-refractivity contribution in [3.63, 3.8) is 0 Å². The number of halogens is 1. The number of methoxy groups -OCH3 is 1. The lowest BCUT2D eigenvalue weighted by molar-refractivity contribution is -0.149. The number of carbonyl (C=O) groups is 1. The Labute approximate surface area is 106 Å². The topological polar surface area (TPSA) is 38.3 Å². The van der Waals surface area contributed by atoms with Crippen molar-refractivity contribution >= 4 is 5.97 Å². The van der Waals surface area contributed by atoms with Gasteiger partial charge >= 0.3 is 5.97 Å². The Morgan fingerprint density at radius 3 is 3.00 bits per heavy atom. The second kappa shape index (κ2) is 5.06. The van der Waals surface area contributed by atoms with Gasteiger partial charge < -0.3 is 10.1 Å². The van der Waals surface area contributed by atoms with Gasteiger partial charge in [-0.1, -0.05) is 12.1 Å². The first-order valence-electron chi connectivity index (χ1n) is 6.14. The van der Waals surface area contributed by atoms with Crippen LogP contribution in [-0.2, 0) is 9.53 Å². The summed E-state index contributed by atoms with van der Waals surface area (Å²) >= 11 is 0. The van der Waals surface area contributed by atoms with Gasteiger partial charge in [0.15, 0.2) is 0 Å². The van der Waals surface area contributed by atoms with Crippen LogP contribution >= 0.6 is 0 Å². The van der Waals surface area contributed by atoms with Crippen molar-refractivity contribution in [3.8, 4) is 0 Å². The minimum Gasteiger partial charge on any atom is -0.468 e. The standard InChI is InChI=1S/C14H18FNO2/c1-14(13(17)18-2)9-11(6-7-16-14)10-4-3-5-12(15)8-10/h3-5,8,11,16H,6-7,9H2,1-2H3. The van der Waals surface area contributed by atoms with Crippen LogP contribution in [0.1, 0.15) is 31.2 Å². The van der Waals surface area contributed by atoms with Crippen molar-refractivity contribution in [2.24, 2.45) is 0 Å². The smallest absolute Gasteiger partial charge is 0.325 e. The third-order valence-corrected chi connectivity index (χ3v) is 3.62. The van der Waals surface area contributed by atoms with Crippen LogP contribution in [-0.4, -0.2) is 25.2 Å². The average Bonchev–Trinajstić information content (AvgIpc) is 2.38. The molecule has 0 radical (unpaired) electrons. The highest BCUT2D eigenvalue weighted by atomic mass is 19.1. The van der Waals surface area contributed by atoms with E-state index in [4.69, 9.17) is 4.74 Å². The van der Waals surface area contributed by atoms with Crippen molar-refractivity contribution in [1.29, 1.82) is 0 Å². The second-order valence-electron chi connectivity index (χ2n) is 5.00. The fourth-order valence-electron chi connectivity index (χ4n) is 2.62. The maximum atomic E-state index is 13.2. The number of benzene rings is 1. The first-order valence-corrected chi connectivity index (χ1v) is 6.14. The van der Waals surface area contributed by atoms with Crippen molar-refractivity contribution < 1.29 is 13.9 Å². The van der Waals surface area contributed by atoms with Crippen molar-refractivity contribution in [2.75, 3.05) is 13.7 Å². The van der Waals surface area contributed by atoms with E-state index in [0.29, 0.717) is 6.42 Å². The molecule has 1 heterocycles. The number of hydrogen-bond acceptors (Lipinski definition) is 3. The summed E-state index contributed by atoms with van der Waals surface area (Å²) in [5.74, 6) is -0.305. The van der Waals surface area contributed by atoms with Crippen LogP contribution in [0.4, 0.5) is 4.39 Å². The molecule has 1 aromatic carbocycles. The number of rotatable bonds is 2. The predicted octanol–water partition coefficient (Wildman–Crippen LogP) is 2.22. The highest BCUT2D eigenvalue weighted by molar-refractivity contribution is 5.80. The van der Waals surface area contributed by atoms with Crippen LogP contribution in [0.25, 0.3) is 0 Å². The zero-order valence-corrected chi connectivity index (χ0v) is 10.7. The molecule has 3 nitrogen and oxygen atoms in total. The van der Waals surface area contributed by atoms with E-state index in [0.717, 1.165) is 18.5 Å². The van der Waals surface area contributed by atoms with Gasteiger partial charge in [0.2, 0.25) is 0 Å². The molecular weight excluding hydrogens is 233 g/mol. The lowest BCUT2D eigenvalue weighted by atomic mass is 9.79. The van der Waals surface area contributed by atoms with Gasteiger partial charge in [0, 0.05) is 0 Å². The first-order chi connectivity index (χ1) is 8.55. The monoisotopic (exact) mass is 251 g/mol. The van der Waals surface area contributed by atoms with Crippen LogP contribution in [0.5, 0.6) is 0 Å². The van der Waals surface area contributed by atoms with Crippen molar-refractivity contribution in [1.82, 2.24) is 5.32 Å². The molecule has 0 aliphatic carbocycles. The van der Waals surface area contributed by atoms with E-state index >= 15 is 0 Å². The van der Waals surface area contributed by atoms with Crippen LogP contribution in [0, 0.1) is 5.82 Å². The summed E-state index contributed by atoms with van der Waals surface area (Å²) in [7, 11) is 1.39. The average molecular weight is 251 g/mol. The zero-order valence-electron chi connectivity index (χ0n) is 10.7. The van der Waals surface area contributed by atoms with Crippen LogP contribution in [0.2, 0.25) is 0 Å². The molecule has 1 saturated heterocycles. The Bertz CT molecular complexity index is 449. The van der Waals surface area contributed by atoms with Gasteiger partial charge in [-0.15, -0.1) is 0 Å². The number of hydrogen-bond donors (Lipinski definition) is 1. The van der Waals surface area contributed by atoms with Gasteiger partial charge in [-0.25, -0.2) is 4.39 Å². The number of nitrogens with one attached hydrogen (secondary N) is 1. The van der Waals surface area contributed by atoms with Gasteiger partial charge in [-0.2, -0.15) is 0 Å². The third-order valence-electron chi connectivity index (χ3n) is 3.62. The van der Waals surface area contributed by atoms with Crippen LogP contribution < -0.4 is 5.32 Å². The van der Waals surface area contributed by atoms with Gasteiger partial charge in [0.25, 0.3) is 0 Å². The molecule has 0 saturated carbocycles. The Morgan fingerprint density at radius 1 is 1.56 bits per heavy atom. The Kier molecular flexibility index (Phi) is 3.66.